The molecule has 1 aromatic heterocycles. The fourth-order valence-corrected chi connectivity index (χ4v) is 3.08. The fraction of sp³-hybridized carbons (Fsp3) is 0.350. The van der Waals surface area contributed by atoms with Gasteiger partial charge in [0.25, 0.3) is 0 Å². The average molecular weight is 337 g/mol. The van der Waals surface area contributed by atoms with E-state index in [1.54, 1.807) is 6.20 Å². The summed E-state index contributed by atoms with van der Waals surface area (Å²) < 4.78 is 0. The van der Waals surface area contributed by atoms with Gasteiger partial charge >= 0.3 is 0 Å². The molecule has 1 aliphatic heterocycles. The minimum atomic E-state index is 0.0736. The van der Waals surface area contributed by atoms with E-state index in [1.807, 2.05) is 59.2 Å². The zero-order valence-corrected chi connectivity index (χ0v) is 14.5. The van der Waals surface area contributed by atoms with Crippen LogP contribution in [0, 0.1) is 6.92 Å². The normalized spacial score (nSPS) is 14.4. The molecule has 1 saturated heterocycles. The molecule has 2 heterocycles. The monoisotopic (exact) mass is 337 g/mol. The van der Waals surface area contributed by atoms with Crippen LogP contribution in [0.15, 0.2) is 48.7 Å². The first-order valence-electron chi connectivity index (χ1n) is 8.63. The van der Waals surface area contributed by atoms with Gasteiger partial charge in [-0.1, -0.05) is 35.9 Å². The van der Waals surface area contributed by atoms with Gasteiger partial charge in [0.2, 0.25) is 11.8 Å². The largest absolute Gasteiger partial charge is 0.339 e. The summed E-state index contributed by atoms with van der Waals surface area (Å²) in [5.41, 5.74) is 2.99. The lowest BCUT2D eigenvalue weighted by atomic mass is 10.1. The first-order chi connectivity index (χ1) is 12.1. The van der Waals surface area contributed by atoms with Crippen molar-refractivity contribution >= 4 is 11.8 Å². The molecule has 3 rings (SSSR count). The third kappa shape index (κ3) is 4.66. The number of carbonyl (C=O) groups excluding carboxylic acids is 2. The van der Waals surface area contributed by atoms with Gasteiger partial charge in [0, 0.05) is 38.1 Å². The van der Waals surface area contributed by atoms with E-state index in [1.165, 1.54) is 0 Å². The van der Waals surface area contributed by atoms with E-state index < -0.39 is 0 Å². The molecule has 1 aliphatic rings. The summed E-state index contributed by atoms with van der Waals surface area (Å²) in [6, 6.07) is 13.6. The van der Waals surface area contributed by atoms with Crippen LogP contribution in [0.25, 0.3) is 0 Å². The van der Waals surface area contributed by atoms with Crippen molar-refractivity contribution in [1.29, 1.82) is 0 Å². The van der Waals surface area contributed by atoms with E-state index in [9.17, 15) is 9.59 Å². The lowest BCUT2D eigenvalue weighted by molar-refractivity contribution is -0.138. The van der Waals surface area contributed by atoms with Gasteiger partial charge in [0.15, 0.2) is 0 Å². The lowest BCUT2D eigenvalue weighted by Crippen LogP contribution is -2.51. The van der Waals surface area contributed by atoms with Crippen LogP contribution in [-0.2, 0) is 22.4 Å². The Balaban J connectivity index is 1.49. The number of carbonyl (C=O) groups is 2. The van der Waals surface area contributed by atoms with E-state index in [-0.39, 0.29) is 11.8 Å². The van der Waals surface area contributed by atoms with Crippen molar-refractivity contribution in [2.75, 3.05) is 26.2 Å². The molecule has 25 heavy (non-hydrogen) atoms. The number of benzene rings is 1. The maximum absolute atomic E-state index is 12.5. The Morgan fingerprint density at radius 2 is 1.60 bits per heavy atom. The summed E-state index contributed by atoms with van der Waals surface area (Å²) in [7, 11) is 0. The molecule has 5 nitrogen and oxygen atoms in total. The molecule has 1 fully saturated rings. The molecule has 0 saturated carbocycles. The van der Waals surface area contributed by atoms with Crippen LogP contribution in [0.4, 0.5) is 0 Å². The molecule has 0 radical (unpaired) electrons. The summed E-state index contributed by atoms with van der Waals surface area (Å²) in [5, 5.41) is 0. The summed E-state index contributed by atoms with van der Waals surface area (Å²) in [6.07, 6.45) is 2.44. The molecule has 0 aliphatic carbocycles. The van der Waals surface area contributed by atoms with Gasteiger partial charge in [-0.25, -0.2) is 0 Å². The van der Waals surface area contributed by atoms with E-state index in [0.717, 1.165) is 16.8 Å². The highest BCUT2D eigenvalue weighted by Crippen LogP contribution is 2.10. The number of rotatable bonds is 4. The summed E-state index contributed by atoms with van der Waals surface area (Å²) >= 11 is 0. The first-order valence-corrected chi connectivity index (χ1v) is 8.63. The second-order valence-corrected chi connectivity index (χ2v) is 6.43. The van der Waals surface area contributed by atoms with E-state index in [0.29, 0.717) is 39.0 Å². The molecule has 0 N–H and O–H groups in total. The SMILES string of the molecule is Cc1cccc(CC(=O)N2CCN(C(=O)Cc3ccccn3)CC2)c1. The number of hydrogen-bond donors (Lipinski definition) is 0. The van der Waals surface area contributed by atoms with Crippen LogP contribution >= 0.6 is 0 Å². The van der Waals surface area contributed by atoms with Gasteiger partial charge in [-0.2, -0.15) is 0 Å². The van der Waals surface area contributed by atoms with Crippen LogP contribution in [0.5, 0.6) is 0 Å². The predicted molar refractivity (Wildman–Crippen MR) is 96.0 cm³/mol. The quantitative estimate of drug-likeness (QED) is 0.855. The minimum absolute atomic E-state index is 0.0736. The number of pyridine rings is 1. The van der Waals surface area contributed by atoms with E-state index in [4.69, 9.17) is 0 Å². The highest BCUT2D eigenvalue weighted by Gasteiger charge is 2.24. The van der Waals surface area contributed by atoms with Crippen LogP contribution in [0.2, 0.25) is 0 Å². The third-order valence-electron chi connectivity index (χ3n) is 4.48. The predicted octanol–water partition coefficient (Wildman–Crippen LogP) is 1.85. The standard InChI is InChI=1S/C20H23N3O2/c1-16-5-4-6-17(13-16)14-19(24)22-9-11-23(12-10-22)20(25)15-18-7-2-3-8-21-18/h2-8,13H,9-12,14-15H2,1H3. The topological polar surface area (TPSA) is 53.5 Å². The van der Waals surface area contributed by atoms with Crippen molar-refractivity contribution in [3.63, 3.8) is 0 Å². The lowest BCUT2D eigenvalue weighted by Gasteiger charge is -2.35. The van der Waals surface area contributed by atoms with Gasteiger partial charge in [-0.05, 0) is 24.6 Å². The van der Waals surface area contributed by atoms with Crippen molar-refractivity contribution in [3.05, 3.63) is 65.5 Å². The van der Waals surface area contributed by atoms with Crippen molar-refractivity contribution in [3.8, 4) is 0 Å². The van der Waals surface area contributed by atoms with E-state index in [2.05, 4.69) is 4.98 Å². The molecule has 5 heteroatoms. The Labute approximate surface area is 148 Å². The van der Waals surface area contributed by atoms with Crippen molar-refractivity contribution in [2.24, 2.45) is 0 Å². The molecule has 130 valence electrons. The van der Waals surface area contributed by atoms with Gasteiger partial charge < -0.3 is 9.80 Å². The van der Waals surface area contributed by atoms with Crippen LogP contribution in [-0.4, -0.2) is 52.8 Å². The molecule has 2 aromatic rings. The summed E-state index contributed by atoms with van der Waals surface area (Å²) in [6.45, 7) is 4.40. The Bertz CT molecular complexity index is 738. The van der Waals surface area contributed by atoms with Crippen LogP contribution in [0.1, 0.15) is 16.8 Å². The van der Waals surface area contributed by atoms with Gasteiger partial charge in [0.05, 0.1) is 12.8 Å². The summed E-state index contributed by atoms with van der Waals surface area (Å²) in [5.74, 6) is 0.201. The van der Waals surface area contributed by atoms with Crippen molar-refractivity contribution in [1.82, 2.24) is 14.8 Å². The number of aromatic nitrogens is 1. The Morgan fingerprint density at radius 3 is 2.20 bits per heavy atom. The highest BCUT2D eigenvalue weighted by molar-refractivity contribution is 5.80. The smallest absolute Gasteiger partial charge is 0.228 e. The first kappa shape index (κ1) is 17.1. The highest BCUT2D eigenvalue weighted by atomic mass is 16.2. The molecule has 0 bridgehead atoms. The van der Waals surface area contributed by atoms with Crippen molar-refractivity contribution in [2.45, 2.75) is 19.8 Å². The average Bonchev–Trinajstić information content (AvgIpc) is 2.62. The Kier molecular flexibility index (Phi) is 5.43. The van der Waals surface area contributed by atoms with Crippen LogP contribution < -0.4 is 0 Å². The van der Waals surface area contributed by atoms with Gasteiger partial charge in [0.1, 0.15) is 0 Å². The molecule has 0 spiro atoms. The third-order valence-corrected chi connectivity index (χ3v) is 4.48. The second-order valence-electron chi connectivity index (χ2n) is 6.43. The second kappa shape index (κ2) is 7.92. The number of nitrogens with zero attached hydrogens (tertiary/aromatic N) is 3. The number of piperazine rings is 1. The molecule has 1 aromatic carbocycles. The maximum Gasteiger partial charge on any atom is 0.228 e. The zero-order valence-electron chi connectivity index (χ0n) is 14.5. The fourth-order valence-electron chi connectivity index (χ4n) is 3.08. The summed E-state index contributed by atoms with van der Waals surface area (Å²) in [4.78, 5) is 32.7. The molecular weight excluding hydrogens is 314 g/mol. The minimum Gasteiger partial charge on any atom is -0.339 e. The Morgan fingerprint density at radius 1 is 0.920 bits per heavy atom. The molecule has 2 amide bonds. The molecule has 0 unspecified atom stereocenters. The van der Waals surface area contributed by atoms with E-state index >= 15 is 0 Å². The van der Waals surface area contributed by atoms with Gasteiger partial charge in [-0.3, -0.25) is 14.6 Å². The number of aryl methyl sites for hydroxylation is 1. The van der Waals surface area contributed by atoms with Gasteiger partial charge in [-0.15, -0.1) is 0 Å². The molecular formula is C20H23N3O2. The number of hydrogen-bond acceptors (Lipinski definition) is 3. The van der Waals surface area contributed by atoms with Crippen molar-refractivity contribution < 1.29 is 9.59 Å². The maximum atomic E-state index is 12.5. The molecule has 0 atom stereocenters. The number of amides is 2. The van der Waals surface area contributed by atoms with Crippen LogP contribution in [0.3, 0.4) is 0 Å². The zero-order chi connectivity index (χ0) is 17.6. The Hall–Kier alpha value is -2.69.